The van der Waals surface area contributed by atoms with Crippen LogP contribution in [0.5, 0.6) is 0 Å². The van der Waals surface area contributed by atoms with Crippen molar-refractivity contribution < 1.29 is 78.9 Å². The van der Waals surface area contributed by atoms with Crippen LogP contribution in [0.3, 0.4) is 0 Å². The first-order valence-corrected chi connectivity index (χ1v) is 6.51. The average molecular weight is 288 g/mol. The number of carboxylic acid groups (broad SMARTS) is 2. The summed E-state index contributed by atoms with van der Waals surface area (Å²) >= 11 is 0. The van der Waals surface area contributed by atoms with Gasteiger partial charge in [-0.1, -0.05) is 58.3 Å². The fourth-order valence-electron chi connectivity index (χ4n) is 1.81. The predicted molar refractivity (Wildman–Crippen MR) is 60.7 cm³/mol. The molecule has 6 heteroatoms. The van der Waals surface area contributed by atoms with E-state index in [0.29, 0.717) is 6.42 Å². The maximum absolute atomic E-state index is 10.4. The summed E-state index contributed by atoms with van der Waals surface area (Å²) in [6.07, 6.45) is 8.73. The van der Waals surface area contributed by atoms with Gasteiger partial charge in [-0.2, -0.15) is 0 Å². The van der Waals surface area contributed by atoms with Crippen LogP contribution >= 0.6 is 0 Å². The molecule has 0 saturated heterocycles. The average Bonchev–Trinajstić information content (AvgIpc) is 2.26. The smallest absolute Gasteiger partial charge is 0.549 e. The second-order valence-electron chi connectivity index (χ2n) is 4.45. The van der Waals surface area contributed by atoms with Gasteiger partial charge in [-0.05, 0) is 6.42 Å². The topological polar surface area (TPSA) is 80.3 Å². The number of hydrogen-bond donors (Lipinski definition) is 0. The van der Waals surface area contributed by atoms with Crippen molar-refractivity contribution in [2.45, 2.75) is 64.7 Å². The molecule has 19 heavy (non-hydrogen) atoms. The molecule has 0 fully saturated rings. The van der Waals surface area contributed by atoms with E-state index in [2.05, 4.69) is 6.92 Å². The number of unbranched alkanes of at least 4 members (excludes halogenated alkanes) is 7. The molecule has 0 rings (SSSR count). The summed E-state index contributed by atoms with van der Waals surface area (Å²) in [6, 6.07) is 0. The third kappa shape index (κ3) is 15.2. The van der Waals surface area contributed by atoms with Gasteiger partial charge in [0.15, 0.2) is 0 Å². The molecule has 0 aliphatic carbocycles. The minimum absolute atomic E-state index is 0. The zero-order chi connectivity index (χ0) is 13.1. The molecule has 0 radical (unpaired) electrons. The van der Waals surface area contributed by atoms with Gasteiger partial charge in [0.25, 0.3) is 0 Å². The van der Waals surface area contributed by atoms with Crippen molar-refractivity contribution in [3.63, 3.8) is 0 Å². The Hall–Kier alpha value is 0.940. The molecule has 4 nitrogen and oxygen atoms in total. The second kappa shape index (κ2) is 17.0. The van der Waals surface area contributed by atoms with Crippen LogP contribution in [0.2, 0.25) is 0 Å². The van der Waals surface area contributed by atoms with Crippen LogP contribution in [0.1, 0.15) is 64.7 Å². The van der Waals surface area contributed by atoms with Crippen LogP contribution in [-0.4, -0.2) is 11.9 Å². The van der Waals surface area contributed by atoms with Gasteiger partial charge in [-0.3, -0.25) is 0 Å². The Labute approximate surface area is 160 Å². The summed E-state index contributed by atoms with van der Waals surface area (Å²) in [7, 11) is 0. The molecule has 0 aromatic heterocycles. The van der Waals surface area contributed by atoms with Crippen molar-refractivity contribution in [1.29, 1.82) is 0 Å². The van der Waals surface area contributed by atoms with Crippen LogP contribution in [0.4, 0.5) is 0 Å². The van der Waals surface area contributed by atoms with E-state index in [1.807, 2.05) is 0 Å². The van der Waals surface area contributed by atoms with E-state index in [-0.39, 0.29) is 65.5 Å². The second-order valence-corrected chi connectivity index (χ2v) is 4.45. The van der Waals surface area contributed by atoms with Gasteiger partial charge < -0.3 is 19.8 Å². The monoisotopic (exact) mass is 288 g/mol. The van der Waals surface area contributed by atoms with Crippen LogP contribution < -0.4 is 69.3 Å². The van der Waals surface area contributed by atoms with Gasteiger partial charge >= 0.3 is 59.1 Å². The van der Waals surface area contributed by atoms with E-state index in [1.165, 1.54) is 25.7 Å². The van der Waals surface area contributed by atoms with Gasteiger partial charge in [0, 0.05) is 5.92 Å². The first-order valence-electron chi connectivity index (χ1n) is 6.51. The molecule has 0 aliphatic rings. The van der Waals surface area contributed by atoms with E-state index in [0.717, 1.165) is 19.3 Å². The van der Waals surface area contributed by atoms with Crippen molar-refractivity contribution >= 4 is 11.9 Å². The minimum atomic E-state index is -1.53. The normalized spacial score (nSPS) is 9.58. The van der Waals surface area contributed by atoms with Crippen molar-refractivity contribution in [2.24, 2.45) is 5.92 Å². The first kappa shape index (κ1) is 24.9. The van der Waals surface area contributed by atoms with Crippen molar-refractivity contribution in [2.75, 3.05) is 0 Å². The van der Waals surface area contributed by atoms with Crippen LogP contribution in [0.25, 0.3) is 0 Å². The molecule has 0 heterocycles. The minimum Gasteiger partial charge on any atom is -0.549 e. The van der Waals surface area contributed by atoms with Crippen LogP contribution in [0, 0.1) is 5.92 Å². The third-order valence-corrected chi connectivity index (χ3v) is 2.92. The Kier molecular flexibility index (Phi) is 22.3. The van der Waals surface area contributed by atoms with E-state index in [9.17, 15) is 19.8 Å². The maximum Gasteiger partial charge on any atom is 1.00 e. The Morgan fingerprint density at radius 3 is 1.53 bits per heavy atom. The third-order valence-electron chi connectivity index (χ3n) is 2.92. The van der Waals surface area contributed by atoms with E-state index < -0.39 is 17.9 Å². The molecule has 0 bridgehead atoms. The molecular formula is C13H22Na2O4. The Morgan fingerprint density at radius 2 is 1.16 bits per heavy atom. The molecule has 0 saturated carbocycles. The van der Waals surface area contributed by atoms with Gasteiger partial charge in [0.05, 0.1) is 11.9 Å². The van der Waals surface area contributed by atoms with Gasteiger partial charge in [0.1, 0.15) is 0 Å². The molecule has 0 atom stereocenters. The van der Waals surface area contributed by atoms with Crippen LogP contribution in [-0.2, 0) is 9.59 Å². The molecule has 100 valence electrons. The number of carbonyl (C=O) groups is 2. The molecule has 0 unspecified atom stereocenters. The Balaban J connectivity index is -0.00000128. The van der Waals surface area contributed by atoms with Gasteiger partial charge in [-0.25, -0.2) is 0 Å². The summed E-state index contributed by atoms with van der Waals surface area (Å²) in [4.78, 5) is 20.9. The molecule has 0 N–H and O–H groups in total. The van der Waals surface area contributed by atoms with Gasteiger partial charge in [-0.15, -0.1) is 0 Å². The zero-order valence-electron chi connectivity index (χ0n) is 12.6. The quantitative estimate of drug-likeness (QED) is 0.216. The summed E-state index contributed by atoms with van der Waals surface area (Å²) in [6.45, 7) is 2.17. The largest absolute Gasteiger partial charge is 1.00 e. The summed E-state index contributed by atoms with van der Waals surface area (Å²) < 4.78 is 0. The summed E-state index contributed by atoms with van der Waals surface area (Å²) in [5.41, 5.74) is 0. The SMILES string of the molecule is CCCCCCCCCCC(C(=O)[O-])C(=O)[O-].[Na+].[Na+]. The number of aliphatic carboxylic acids is 2. The molecule has 0 aromatic rings. The maximum atomic E-state index is 10.4. The van der Waals surface area contributed by atoms with E-state index >= 15 is 0 Å². The summed E-state index contributed by atoms with van der Waals surface area (Å²) in [5, 5.41) is 20.9. The fraction of sp³-hybridized carbons (Fsp3) is 0.846. The van der Waals surface area contributed by atoms with Crippen molar-refractivity contribution in [1.82, 2.24) is 0 Å². The number of carboxylic acids is 2. The molecular weight excluding hydrogens is 266 g/mol. The summed E-state index contributed by atoms with van der Waals surface area (Å²) in [5.74, 6) is -4.52. The van der Waals surface area contributed by atoms with Crippen molar-refractivity contribution in [3.8, 4) is 0 Å². The fourth-order valence-corrected chi connectivity index (χ4v) is 1.81. The number of rotatable bonds is 11. The molecule has 0 aliphatic heterocycles. The molecule has 0 aromatic carbocycles. The number of carbonyl (C=O) groups excluding carboxylic acids is 2. The first-order chi connectivity index (χ1) is 8.09. The number of hydrogen-bond acceptors (Lipinski definition) is 4. The standard InChI is InChI=1S/C13H24O4.2Na/c1-2-3-4-5-6-7-8-9-10-11(12(14)15)13(16)17;;/h11H,2-10H2,1H3,(H,14,15)(H,16,17);;/q;2*+1/p-2. The molecule has 0 spiro atoms. The van der Waals surface area contributed by atoms with E-state index in [1.54, 1.807) is 0 Å². The zero-order valence-corrected chi connectivity index (χ0v) is 16.6. The van der Waals surface area contributed by atoms with Crippen LogP contribution in [0.15, 0.2) is 0 Å². The van der Waals surface area contributed by atoms with Crippen molar-refractivity contribution in [3.05, 3.63) is 0 Å². The van der Waals surface area contributed by atoms with Gasteiger partial charge in [0.2, 0.25) is 0 Å². The Morgan fingerprint density at radius 1 is 0.789 bits per heavy atom. The molecule has 0 amide bonds. The predicted octanol–water partition coefficient (Wildman–Crippen LogP) is -5.36. The Bertz CT molecular complexity index is 221. The van der Waals surface area contributed by atoms with E-state index in [4.69, 9.17) is 0 Å².